The summed E-state index contributed by atoms with van der Waals surface area (Å²) < 4.78 is 15.9. The van der Waals surface area contributed by atoms with Gasteiger partial charge in [0.2, 0.25) is 0 Å². The number of benzene rings is 3. The molecule has 43 heavy (non-hydrogen) atoms. The van der Waals surface area contributed by atoms with Gasteiger partial charge in [-0.2, -0.15) is 0 Å². The molecule has 0 aromatic heterocycles. The van der Waals surface area contributed by atoms with Gasteiger partial charge in [0.05, 0.1) is 31.0 Å². The third-order valence-electron chi connectivity index (χ3n) is 6.97. The van der Waals surface area contributed by atoms with Crippen LogP contribution in [0.4, 0.5) is 0 Å². The summed E-state index contributed by atoms with van der Waals surface area (Å²) in [7, 11) is 0. The van der Waals surface area contributed by atoms with Gasteiger partial charge in [0.15, 0.2) is 0 Å². The molecule has 0 aliphatic heterocycles. The van der Waals surface area contributed by atoms with Gasteiger partial charge in [0, 0.05) is 0 Å². The Morgan fingerprint density at radius 3 is 1.84 bits per heavy atom. The zero-order chi connectivity index (χ0) is 31.0. The third kappa shape index (κ3) is 10.5. The average Bonchev–Trinajstić information content (AvgIpc) is 3.04. The lowest BCUT2D eigenvalue weighted by molar-refractivity contribution is -0.140. The van der Waals surface area contributed by atoms with E-state index in [1.165, 1.54) is 24.8 Å². The van der Waals surface area contributed by atoms with Gasteiger partial charge < -0.3 is 24.4 Å². The Morgan fingerprint density at radius 1 is 0.651 bits per heavy atom. The van der Waals surface area contributed by atoms with E-state index in [0.717, 1.165) is 40.7 Å². The van der Waals surface area contributed by atoms with E-state index in [1.807, 2.05) is 24.3 Å². The zero-order valence-electron chi connectivity index (χ0n) is 25.0. The molecule has 0 aliphatic rings. The fourth-order valence-electron chi connectivity index (χ4n) is 4.47. The van der Waals surface area contributed by atoms with Crippen molar-refractivity contribution >= 4 is 11.9 Å². The van der Waals surface area contributed by atoms with Gasteiger partial charge in [-0.25, -0.2) is 9.59 Å². The van der Waals surface area contributed by atoms with Crippen LogP contribution in [0.15, 0.2) is 91.0 Å². The Bertz CT molecular complexity index is 1360. The monoisotopic (exact) mass is 586 g/mol. The van der Waals surface area contributed by atoms with E-state index in [0.29, 0.717) is 12.2 Å². The molecule has 0 atom stereocenters. The van der Waals surface area contributed by atoms with Crippen molar-refractivity contribution in [2.24, 2.45) is 0 Å². The molecular weight excluding hydrogens is 544 g/mol. The van der Waals surface area contributed by atoms with Crippen LogP contribution >= 0.6 is 0 Å². The van der Waals surface area contributed by atoms with Gasteiger partial charge >= 0.3 is 11.9 Å². The number of unbranched alkanes of at least 4 members (excludes halogenated alkanes) is 2. The summed E-state index contributed by atoms with van der Waals surface area (Å²) in [5.74, 6) is -0.563. The molecule has 0 saturated carbocycles. The van der Waals surface area contributed by atoms with Crippen molar-refractivity contribution in [2.75, 3.05) is 33.0 Å². The number of carbonyl (C=O) groups excluding carboxylic acids is 2. The van der Waals surface area contributed by atoms with Gasteiger partial charge in [-0.15, -0.1) is 0 Å². The number of aryl methyl sites for hydroxylation is 2. The van der Waals surface area contributed by atoms with Gasteiger partial charge in [0.25, 0.3) is 0 Å². The fourth-order valence-corrected chi connectivity index (χ4v) is 4.47. The molecule has 228 valence electrons. The van der Waals surface area contributed by atoms with Crippen LogP contribution in [-0.2, 0) is 31.9 Å². The van der Waals surface area contributed by atoms with Gasteiger partial charge in [-0.05, 0) is 71.2 Å². The van der Waals surface area contributed by atoms with Crippen molar-refractivity contribution in [2.45, 2.75) is 45.4 Å². The first-order valence-corrected chi connectivity index (χ1v) is 14.7. The largest absolute Gasteiger partial charge is 0.490 e. The summed E-state index contributed by atoms with van der Waals surface area (Å²) >= 11 is 0. The van der Waals surface area contributed by atoms with E-state index < -0.39 is 25.2 Å². The van der Waals surface area contributed by atoms with Gasteiger partial charge in [-0.3, -0.25) is 0 Å². The maximum Gasteiger partial charge on any atom is 0.335 e. The molecule has 0 fully saturated rings. The molecule has 3 rings (SSSR count). The second-order valence-corrected chi connectivity index (χ2v) is 10.3. The topological polar surface area (TPSA) is 102 Å². The normalized spacial score (nSPS) is 10.7. The Morgan fingerprint density at radius 2 is 1.21 bits per heavy atom. The molecule has 0 saturated heterocycles. The lowest BCUT2D eigenvalue weighted by atomic mass is 9.91. The van der Waals surface area contributed by atoms with E-state index in [9.17, 15) is 9.59 Å². The van der Waals surface area contributed by atoms with E-state index in [-0.39, 0.29) is 31.0 Å². The molecule has 3 aromatic rings. The molecule has 7 heteroatoms. The first kappa shape index (κ1) is 33.3. The Labute approximate surface area is 254 Å². The number of ether oxygens (including phenoxy) is 3. The molecule has 0 bridgehead atoms. The molecule has 0 radical (unpaired) electrons. The van der Waals surface area contributed by atoms with Crippen molar-refractivity contribution in [3.63, 3.8) is 0 Å². The van der Waals surface area contributed by atoms with Crippen molar-refractivity contribution in [1.82, 2.24) is 0 Å². The van der Waals surface area contributed by atoms with Gasteiger partial charge in [0.1, 0.15) is 19.0 Å². The van der Waals surface area contributed by atoms with Crippen molar-refractivity contribution in [1.29, 1.82) is 0 Å². The molecular formula is C36H42O7. The van der Waals surface area contributed by atoms with Crippen molar-refractivity contribution in [3.8, 4) is 28.0 Å². The van der Waals surface area contributed by atoms with Crippen LogP contribution in [0.1, 0.15) is 43.7 Å². The minimum absolute atomic E-state index is 0.00470. The SMILES string of the molecule is C=C(CO)C(=O)OCCCc1ccc(-c2ccc(OCCOC(=O)C(=C)CO)cc2)c(-c2ccc(CCCCC)cc2)c1. The van der Waals surface area contributed by atoms with Crippen LogP contribution in [0.5, 0.6) is 5.75 Å². The second kappa shape index (κ2) is 17.7. The van der Waals surface area contributed by atoms with E-state index in [2.05, 4.69) is 62.5 Å². The standard InChI is InChI=1S/C36H42O7/c1-4-5-6-8-28-10-13-31(14-11-28)34-23-29(9-7-20-42-35(39)26(2)24-37)12-19-33(34)30-15-17-32(18-16-30)41-21-22-43-36(40)27(3)25-38/h10-19,23,37-38H,2-9,20-22,24-25H2,1H3. The summed E-state index contributed by atoms with van der Waals surface area (Å²) in [4.78, 5) is 23.4. The van der Waals surface area contributed by atoms with Crippen LogP contribution in [0, 0.1) is 0 Å². The average molecular weight is 587 g/mol. The molecule has 0 amide bonds. The highest BCUT2D eigenvalue weighted by atomic mass is 16.6. The van der Waals surface area contributed by atoms with Crippen molar-refractivity contribution < 1.29 is 34.0 Å². The van der Waals surface area contributed by atoms with E-state index in [1.54, 1.807) is 0 Å². The molecule has 0 aliphatic carbocycles. The summed E-state index contributed by atoms with van der Waals surface area (Å²) in [6.07, 6.45) is 6.05. The number of esters is 2. The number of aliphatic hydroxyl groups is 2. The van der Waals surface area contributed by atoms with Gasteiger partial charge in [-0.1, -0.05) is 87.5 Å². The highest BCUT2D eigenvalue weighted by molar-refractivity contribution is 5.88. The minimum atomic E-state index is -0.639. The summed E-state index contributed by atoms with van der Waals surface area (Å²) in [6.45, 7) is 8.78. The molecule has 0 spiro atoms. The smallest absolute Gasteiger partial charge is 0.335 e. The van der Waals surface area contributed by atoms with Crippen LogP contribution in [0.25, 0.3) is 22.3 Å². The minimum Gasteiger partial charge on any atom is -0.490 e. The molecule has 7 nitrogen and oxygen atoms in total. The highest BCUT2D eigenvalue weighted by Gasteiger charge is 2.12. The number of rotatable bonds is 18. The number of carbonyl (C=O) groups is 2. The Hall–Kier alpha value is -4.20. The van der Waals surface area contributed by atoms with Crippen LogP contribution in [0.3, 0.4) is 0 Å². The van der Waals surface area contributed by atoms with Crippen LogP contribution in [0.2, 0.25) is 0 Å². The van der Waals surface area contributed by atoms with Crippen molar-refractivity contribution in [3.05, 3.63) is 102 Å². The quantitative estimate of drug-likeness (QED) is 0.103. The Balaban J connectivity index is 1.74. The van der Waals surface area contributed by atoms with E-state index >= 15 is 0 Å². The van der Waals surface area contributed by atoms with Crippen LogP contribution < -0.4 is 4.74 Å². The number of hydrogen-bond donors (Lipinski definition) is 2. The number of aliphatic hydroxyl groups excluding tert-OH is 2. The lowest BCUT2D eigenvalue weighted by Gasteiger charge is -2.15. The van der Waals surface area contributed by atoms with E-state index in [4.69, 9.17) is 24.4 Å². The lowest BCUT2D eigenvalue weighted by Crippen LogP contribution is -2.14. The predicted molar refractivity (Wildman–Crippen MR) is 169 cm³/mol. The summed E-state index contributed by atoms with van der Waals surface area (Å²) in [5.41, 5.74) is 6.84. The summed E-state index contributed by atoms with van der Waals surface area (Å²) in [6, 6.07) is 22.9. The molecule has 3 aromatic carbocycles. The fraction of sp³-hybridized carbons (Fsp3) is 0.333. The first-order valence-electron chi connectivity index (χ1n) is 14.7. The van der Waals surface area contributed by atoms with Crippen LogP contribution in [-0.4, -0.2) is 55.2 Å². The Kier molecular flexibility index (Phi) is 13.7. The molecule has 0 unspecified atom stereocenters. The third-order valence-corrected chi connectivity index (χ3v) is 6.97. The predicted octanol–water partition coefficient (Wildman–Crippen LogP) is 6.25. The zero-order valence-corrected chi connectivity index (χ0v) is 25.0. The molecule has 0 heterocycles. The molecule has 2 N–H and O–H groups in total. The maximum absolute atomic E-state index is 11.8. The number of hydrogen-bond acceptors (Lipinski definition) is 7. The first-order chi connectivity index (χ1) is 20.9. The summed E-state index contributed by atoms with van der Waals surface area (Å²) in [5, 5.41) is 18.0. The second-order valence-electron chi connectivity index (χ2n) is 10.3. The highest BCUT2D eigenvalue weighted by Crippen LogP contribution is 2.34. The maximum atomic E-state index is 11.8.